The van der Waals surface area contributed by atoms with Crippen molar-refractivity contribution in [2.75, 3.05) is 11.5 Å². The van der Waals surface area contributed by atoms with Crippen LogP contribution in [-0.2, 0) is 9.53 Å². The summed E-state index contributed by atoms with van der Waals surface area (Å²) in [6, 6.07) is 12.9. The summed E-state index contributed by atoms with van der Waals surface area (Å²) in [6.07, 6.45) is 0. The summed E-state index contributed by atoms with van der Waals surface area (Å²) >= 11 is 1.19. The number of ether oxygens (including phenoxy) is 1. The lowest BCUT2D eigenvalue weighted by atomic mass is 10.1. The number of ketones is 1. The van der Waals surface area contributed by atoms with Gasteiger partial charge in [0.25, 0.3) is 11.8 Å². The lowest BCUT2D eigenvalue weighted by molar-refractivity contribution is -0.122. The number of hydrogen-bond acceptors (Lipinski definition) is 8. The molecule has 2 aromatic carbocycles. The molecule has 1 aliphatic heterocycles. The van der Waals surface area contributed by atoms with Gasteiger partial charge in [-0.05, 0) is 43.7 Å². The maximum absolute atomic E-state index is 12.9. The molecule has 1 aliphatic rings. The van der Waals surface area contributed by atoms with Crippen LogP contribution < -0.4 is 4.90 Å². The third-order valence-corrected chi connectivity index (χ3v) is 6.19. The molecule has 0 N–H and O–H groups in total. The maximum Gasteiger partial charge on any atom is 0.338 e. The van der Waals surface area contributed by atoms with Crippen LogP contribution in [0.25, 0.3) is 0 Å². The van der Waals surface area contributed by atoms with Gasteiger partial charge in [0.05, 0.1) is 28.4 Å². The van der Waals surface area contributed by atoms with Crippen molar-refractivity contribution < 1.29 is 23.9 Å². The zero-order valence-corrected chi connectivity index (χ0v) is 18.5. The van der Waals surface area contributed by atoms with E-state index >= 15 is 0 Å². The average Bonchev–Trinajstić information content (AvgIpc) is 3.34. The van der Waals surface area contributed by atoms with E-state index in [9.17, 15) is 24.4 Å². The molecule has 0 radical (unpaired) electrons. The fraction of sp³-hybridized carbons (Fsp3) is 0.167. The van der Waals surface area contributed by atoms with Crippen LogP contribution in [0.1, 0.15) is 53.3 Å². The van der Waals surface area contributed by atoms with E-state index in [0.29, 0.717) is 16.4 Å². The number of nitriles is 1. The third-order valence-electron chi connectivity index (χ3n) is 5.16. The molecule has 0 fully saturated rings. The van der Waals surface area contributed by atoms with Crippen LogP contribution in [0.15, 0.2) is 47.8 Å². The standard InChI is InChI=1S/C24H17N3O5S/c1-13-5-3-4-6-19(13)27-22(29)16-8-7-15(9-17(16)23(27)30)24(31)32-11-20(28)18(10-25)21-26-14(2)12-33-21/h3-9,12,18H,11H2,1-2H3. The zero-order valence-electron chi connectivity index (χ0n) is 17.7. The van der Waals surface area contributed by atoms with Crippen LogP contribution in [0.5, 0.6) is 0 Å². The Labute approximate surface area is 193 Å². The normalized spacial score (nSPS) is 13.4. The molecule has 0 aliphatic carbocycles. The van der Waals surface area contributed by atoms with Crippen molar-refractivity contribution in [3.05, 3.63) is 80.8 Å². The molecule has 0 saturated heterocycles. The predicted molar refractivity (Wildman–Crippen MR) is 119 cm³/mol. The molecular formula is C24H17N3O5S. The fourth-order valence-corrected chi connectivity index (χ4v) is 4.33. The van der Waals surface area contributed by atoms with E-state index in [1.54, 1.807) is 43.5 Å². The number of amides is 2. The Bertz CT molecular complexity index is 1350. The molecule has 1 unspecified atom stereocenters. The second kappa shape index (κ2) is 8.76. The number of benzene rings is 2. The first-order valence-electron chi connectivity index (χ1n) is 9.91. The fourth-order valence-electron chi connectivity index (χ4n) is 3.47. The second-order valence-electron chi connectivity index (χ2n) is 7.42. The third kappa shape index (κ3) is 4.04. The van der Waals surface area contributed by atoms with Gasteiger partial charge in [0.1, 0.15) is 5.01 Å². The number of anilines is 1. The number of aryl methyl sites for hydroxylation is 2. The number of hydrogen-bond donors (Lipinski definition) is 0. The molecule has 1 aromatic heterocycles. The predicted octanol–water partition coefficient (Wildman–Crippen LogP) is 3.59. The summed E-state index contributed by atoms with van der Waals surface area (Å²) < 4.78 is 5.08. The first-order valence-corrected chi connectivity index (χ1v) is 10.8. The molecule has 33 heavy (non-hydrogen) atoms. The number of fused-ring (bicyclic) bond motifs is 1. The van der Waals surface area contributed by atoms with Crippen LogP contribution in [-0.4, -0.2) is 35.2 Å². The van der Waals surface area contributed by atoms with Crippen molar-refractivity contribution in [3.63, 3.8) is 0 Å². The van der Waals surface area contributed by atoms with E-state index < -0.39 is 36.1 Å². The van der Waals surface area contributed by atoms with Crippen molar-refractivity contribution in [1.29, 1.82) is 5.26 Å². The number of nitrogens with zero attached hydrogens (tertiary/aromatic N) is 3. The molecule has 8 nitrogen and oxygen atoms in total. The monoisotopic (exact) mass is 459 g/mol. The van der Waals surface area contributed by atoms with Crippen LogP contribution in [0.3, 0.4) is 0 Å². The molecular weight excluding hydrogens is 442 g/mol. The Morgan fingerprint density at radius 3 is 2.52 bits per heavy atom. The Morgan fingerprint density at radius 2 is 1.85 bits per heavy atom. The van der Waals surface area contributed by atoms with Gasteiger partial charge in [-0.3, -0.25) is 14.4 Å². The number of aromatic nitrogens is 1. The number of thiazole rings is 1. The van der Waals surface area contributed by atoms with Gasteiger partial charge in [0.2, 0.25) is 0 Å². The molecule has 3 aromatic rings. The van der Waals surface area contributed by atoms with Gasteiger partial charge >= 0.3 is 5.97 Å². The number of imide groups is 1. The number of carbonyl (C=O) groups is 4. The van der Waals surface area contributed by atoms with Crippen LogP contribution in [0, 0.1) is 25.2 Å². The van der Waals surface area contributed by atoms with E-state index in [1.807, 2.05) is 6.07 Å². The number of carbonyl (C=O) groups excluding carboxylic acids is 4. The molecule has 2 heterocycles. The lowest BCUT2D eigenvalue weighted by Crippen LogP contribution is -2.29. The highest BCUT2D eigenvalue weighted by molar-refractivity contribution is 7.09. The van der Waals surface area contributed by atoms with Crippen molar-refractivity contribution in [2.24, 2.45) is 0 Å². The second-order valence-corrected chi connectivity index (χ2v) is 8.31. The van der Waals surface area contributed by atoms with Crippen LogP contribution in [0.4, 0.5) is 5.69 Å². The molecule has 164 valence electrons. The number of esters is 1. The van der Waals surface area contributed by atoms with Crippen molar-refractivity contribution in [1.82, 2.24) is 4.98 Å². The topological polar surface area (TPSA) is 117 Å². The van der Waals surface area contributed by atoms with Gasteiger partial charge in [0.15, 0.2) is 18.3 Å². The molecule has 4 rings (SSSR count). The zero-order chi connectivity index (χ0) is 23.7. The maximum atomic E-state index is 12.9. The van der Waals surface area contributed by atoms with Gasteiger partial charge in [-0.15, -0.1) is 11.3 Å². The number of para-hydroxylation sites is 1. The molecule has 1 atom stereocenters. The van der Waals surface area contributed by atoms with Gasteiger partial charge in [-0.25, -0.2) is 14.7 Å². The van der Waals surface area contributed by atoms with Crippen LogP contribution in [0.2, 0.25) is 0 Å². The molecule has 9 heteroatoms. The Hall–Kier alpha value is -4.16. The van der Waals surface area contributed by atoms with E-state index in [1.165, 1.54) is 29.5 Å². The summed E-state index contributed by atoms with van der Waals surface area (Å²) in [6.45, 7) is 2.92. The van der Waals surface area contributed by atoms with E-state index in [-0.39, 0.29) is 16.7 Å². The highest BCUT2D eigenvalue weighted by Gasteiger charge is 2.38. The van der Waals surface area contributed by atoms with Gasteiger partial charge in [0, 0.05) is 11.1 Å². The van der Waals surface area contributed by atoms with Crippen molar-refractivity contribution in [2.45, 2.75) is 19.8 Å². The largest absolute Gasteiger partial charge is 0.454 e. The van der Waals surface area contributed by atoms with Gasteiger partial charge < -0.3 is 4.74 Å². The van der Waals surface area contributed by atoms with E-state index in [4.69, 9.17) is 4.74 Å². The first kappa shape index (κ1) is 22.0. The highest BCUT2D eigenvalue weighted by Crippen LogP contribution is 2.31. The summed E-state index contributed by atoms with van der Waals surface area (Å²) in [4.78, 5) is 55.9. The summed E-state index contributed by atoms with van der Waals surface area (Å²) in [5.41, 5.74) is 2.20. The first-order chi connectivity index (χ1) is 15.8. The van der Waals surface area contributed by atoms with Gasteiger partial charge in [-0.1, -0.05) is 18.2 Å². The van der Waals surface area contributed by atoms with E-state index in [0.717, 1.165) is 10.5 Å². The number of Topliss-reactive ketones (excluding diaryl/α,β-unsaturated/α-hetero) is 1. The van der Waals surface area contributed by atoms with Crippen molar-refractivity contribution >= 4 is 40.6 Å². The summed E-state index contributed by atoms with van der Waals surface area (Å²) in [5.74, 6) is -3.59. The molecule has 2 amide bonds. The average molecular weight is 459 g/mol. The quantitative estimate of drug-likeness (QED) is 0.408. The minimum absolute atomic E-state index is 0.0212. The Balaban J connectivity index is 1.50. The van der Waals surface area contributed by atoms with Crippen LogP contribution >= 0.6 is 11.3 Å². The SMILES string of the molecule is Cc1csc(C(C#N)C(=O)COC(=O)c2ccc3c(c2)C(=O)N(c2ccccc2C)C3=O)n1. The number of rotatable bonds is 6. The van der Waals surface area contributed by atoms with E-state index in [2.05, 4.69) is 4.98 Å². The summed E-state index contributed by atoms with van der Waals surface area (Å²) in [7, 11) is 0. The summed E-state index contributed by atoms with van der Waals surface area (Å²) in [5, 5.41) is 11.4. The highest BCUT2D eigenvalue weighted by atomic mass is 32.1. The lowest BCUT2D eigenvalue weighted by Gasteiger charge is -2.16. The Kier molecular flexibility index (Phi) is 5.85. The molecule has 0 bridgehead atoms. The minimum Gasteiger partial charge on any atom is -0.454 e. The Morgan fingerprint density at radius 1 is 1.12 bits per heavy atom. The van der Waals surface area contributed by atoms with Gasteiger partial charge in [-0.2, -0.15) is 5.26 Å². The molecule has 0 saturated carbocycles. The molecule has 0 spiro atoms. The minimum atomic E-state index is -1.13. The smallest absolute Gasteiger partial charge is 0.338 e. The van der Waals surface area contributed by atoms with Crippen molar-refractivity contribution in [3.8, 4) is 6.07 Å².